The molecule has 0 saturated heterocycles. The summed E-state index contributed by atoms with van der Waals surface area (Å²) in [5.41, 5.74) is 0. The molecule has 0 fully saturated rings. The average Bonchev–Trinajstić information content (AvgIpc) is 2.02. The maximum Gasteiger partial charge on any atom is 0.308 e. The molecule has 0 aromatic rings. The predicted molar refractivity (Wildman–Crippen MR) is 54.4 cm³/mol. The van der Waals surface area contributed by atoms with Gasteiger partial charge in [-0.3, -0.25) is 4.79 Å². The molecule has 13 heavy (non-hydrogen) atoms. The Morgan fingerprint density at radius 3 is 2.31 bits per heavy atom. The summed E-state index contributed by atoms with van der Waals surface area (Å²) in [6.45, 7) is 8.39. The van der Waals surface area contributed by atoms with Crippen LogP contribution in [0.4, 0.5) is 0 Å². The van der Waals surface area contributed by atoms with Gasteiger partial charge in [-0.15, -0.1) is 0 Å². The largest absolute Gasteiger partial charge is 0.461 e. The van der Waals surface area contributed by atoms with Crippen molar-refractivity contribution in [3.63, 3.8) is 0 Å². The van der Waals surface area contributed by atoms with E-state index in [0.29, 0.717) is 12.5 Å². The van der Waals surface area contributed by atoms with E-state index in [-0.39, 0.29) is 11.9 Å². The fourth-order valence-electron chi connectivity index (χ4n) is 0.733. The van der Waals surface area contributed by atoms with Gasteiger partial charge in [0, 0.05) is 0 Å². The second-order valence-electron chi connectivity index (χ2n) is 3.89. The molecule has 0 N–H and O–H groups in total. The summed E-state index contributed by atoms with van der Waals surface area (Å²) in [7, 11) is 0. The minimum Gasteiger partial charge on any atom is -0.461 e. The molecule has 0 atom stereocenters. The van der Waals surface area contributed by atoms with Gasteiger partial charge < -0.3 is 4.74 Å². The smallest absolute Gasteiger partial charge is 0.308 e. The molecule has 2 heteroatoms. The zero-order valence-electron chi connectivity index (χ0n) is 9.04. The van der Waals surface area contributed by atoms with Gasteiger partial charge >= 0.3 is 5.97 Å². The van der Waals surface area contributed by atoms with Crippen molar-refractivity contribution in [2.24, 2.45) is 11.8 Å². The Bertz CT molecular complexity index is 169. The highest BCUT2D eigenvalue weighted by Crippen LogP contribution is 2.00. The number of rotatable bonds is 5. The topological polar surface area (TPSA) is 26.3 Å². The van der Waals surface area contributed by atoms with Crippen molar-refractivity contribution in [1.29, 1.82) is 0 Å². The number of allylic oxidation sites excluding steroid dienone is 1. The number of hydrogen-bond donors (Lipinski definition) is 0. The van der Waals surface area contributed by atoms with Gasteiger partial charge in [0.05, 0.1) is 5.92 Å². The Labute approximate surface area is 81.0 Å². The average molecular weight is 184 g/mol. The van der Waals surface area contributed by atoms with Gasteiger partial charge in [-0.1, -0.05) is 39.8 Å². The Balaban J connectivity index is 3.45. The van der Waals surface area contributed by atoms with Crippen LogP contribution in [0.1, 0.15) is 34.1 Å². The van der Waals surface area contributed by atoms with E-state index in [9.17, 15) is 4.79 Å². The summed E-state index contributed by atoms with van der Waals surface area (Å²) in [6, 6.07) is 0. The lowest BCUT2D eigenvalue weighted by Crippen LogP contribution is -2.11. The summed E-state index contributed by atoms with van der Waals surface area (Å²) < 4.78 is 4.96. The molecule has 0 rings (SSSR count). The number of ether oxygens (including phenoxy) is 1. The summed E-state index contributed by atoms with van der Waals surface area (Å²) in [5, 5.41) is 0. The van der Waals surface area contributed by atoms with Gasteiger partial charge in [0.15, 0.2) is 0 Å². The third kappa shape index (κ3) is 7.57. The van der Waals surface area contributed by atoms with Gasteiger partial charge in [-0.2, -0.15) is 0 Å². The second kappa shape index (κ2) is 6.70. The maximum absolute atomic E-state index is 11.0. The summed E-state index contributed by atoms with van der Waals surface area (Å²) >= 11 is 0. The molecule has 2 nitrogen and oxygen atoms in total. The first-order valence-electron chi connectivity index (χ1n) is 4.85. The van der Waals surface area contributed by atoms with E-state index in [4.69, 9.17) is 4.74 Å². The molecule has 76 valence electrons. The summed E-state index contributed by atoms with van der Waals surface area (Å²) in [4.78, 5) is 11.0. The first-order valence-corrected chi connectivity index (χ1v) is 4.85. The van der Waals surface area contributed by atoms with Crippen molar-refractivity contribution in [2.75, 3.05) is 6.61 Å². The lowest BCUT2D eigenvalue weighted by atomic mass is 10.1. The van der Waals surface area contributed by atoms with Crippen LogP contribution in [0.2, 0.25) is 0 Å². The van der Waals surface area contributed by atoms with Crippen molar-refractivity contribution >= 4 is 5.97 Å². The molecule has 0 saturated carbocycles. The highest BCUT2D eigenvalue weighted by molar-refractivity contribution is 5.71. The van der Waals surface area contributed by atoms with Crippen molar-refractivity contribution in [3.05, 3.63) is 12.2 Å². The second-order valence-corrected chi connectivity index (χ2v) is 3.89. The standard InChI is InChI=1S/C11H20O2/c1-9(2)7-5-6-8-13-11(12)10(3)4/h5-6,9-10H,7-8H2,1-4H3/b6-5-. The van der Waals surface area contributed by atoms with E-state index in [0.717, 1.165) is 6.42 Å². The van der Waals surface area contributed by atoms with E-state index < -0.39 is 0 Å². The molecule has 0 radical (unpaired) electrons. The minimum atomic E-state index is -0.130. The maximum atomic E-state index is 11.0. The van der Waals surface area contributed by atoms with Crippen LogP contribution >= 0.6 is 0 Å². The first-order chi connectivity index (χ1) is 6.04. The van der Waals surface area contributed by atoms with Crippen LogP contribution < -0.4 is 0 Å². The van der Waals surface area contributed by atoms with E-state index in [1.54, 1.807) is 0 Å². The van der Waals surface area contributed by atoms with Crippen molar-refractivity contribution in [3.8, 4) is 0 Å². The Morgan fingerprint density at radius 1 is 1.23 bits per heavy atom. The highest BCUT2D eigenvalue weighted by Gasteiger charge is 2.05. The van der Waals surface area contributed by atoms with E-state index in [2.05, 4.69) is 19.9 Å². The highest BCUT2D eigenvalue weighted by atomic mass is 16.5. The fraction of sp³-hybridized carbons (Fsp3) is 0.727. The molecule has 0 aliphatic rings. The number of esters is 1. The van der Waals surface area contributed by atoms with Crippen LogP contribution in [0.5, 0.6) is 0 Å². The van der Waals surface area contributed by atoms with E-state index in [1.165, 1.54) is 0 Å². The molecular weight excluding hydrogens is 164 g/mol. The third-order valence-electron chi connectivity index (χ3n) is 1.57. The van der Waals surface area contributed by atoms with Crippen LogP contribution in [0, 0.1) is 11.8 Å². The third-order valence-corrected chi connectivity index (χ3v) is 1.57. The molecule has 0 aliphatic carbocycles. The van der Waals surface area contributed by atoms with Gasteiger partial charge in [-0.05, 0) is 12.3 Å². The fourth-order valence-corrected chi connectivity index (χ4v) is 0.733. The molecule has 0 aromatic heterocycles. The quantitative estimate of drug-likeness (QED) is 0.485. The van der Waals surface area contributed by atoms with Crippen LogP contribution in [0.15, 0.2) is 12.2 Å². The van der Waals surface area contributed by atoms with E-state index >= 15 is 0 Å². The zero-order valence-corrected chi connectivity index (χ0v) is 9.04. The van der Waals surface area contributed by atoms with Crippen molar-refractivity contribution < 1.29 is 9.53 Å². The predicted octanol–water partition coefficient (Wildman–Crippen LogP) is 2.79. The normalized spacial score (nSPS) is 11.5. The van der Waals surface area contributed by atoms with E-state index in [1.807, 2.05) is 19.9 Å². The van der Waals surface area contributed by atoms with Crippen LogP contribution in [-0.2, 0) is 9.53 Å². The summed E-state index contributed by atoms with van der Waals surface area (Å²) in [6.07, 6.45) is 5.00. The van der Waals surface area contributed by atoms with Gasteiger partial charge in [-0.25, -0.2) is 0 Å². The molecule has 0 aromatic carbocycles. The zero-order chi connectivity index (χ0) is 10.3. The lowest BCUT2D eigenvalue weighted by Gasteiger charge is -2.03. The van der Waals surface area contributed by atoms with Crippen LogP contribution in [-0.4, -0.2) is 12.6 Å². The van der Waals surface area contributed by atoms with Gasteiger partial charge in [0.1, 0.15) is 6.61 Å². The molecular formula is C11H20O2. The van der Waals surface area contributed by atoms with Gasteiger partial charge in [0.2, 0.25) is 0 Å². The number of carbonyl (C=O) groups is 1. The monoisotopic (exact) mass is 184 g/mol. The van der Waals surface area contributed by atoms with Gasteiger partial charge in [0.25, 0.3) is 0 Å². The SMILES string of the molecule is CC(C)C/C=C\COC(=O)C(C)C. The van der Waals surface area contributed by atoms with Crippen molar-refractivity contribution in [1.82, 2.24) is 0 Å². The number of hydrogen-bond acceptors (Lipinski definition) is 2. The van der Waals surface area contributed by atoms with Crippen LogP contribution in [0.25, 0.3) is 0 Å². The molecule has 0 heterocycles. The summed E-state index contributed by atoms with van der Waals surface area (Å²) in [5.74, 6) is 0.504. The molecule has 0 spiro atoms. The minimum absolute atomic E-state index is 0.0292. The first kappa shape index (κ1) is 12.2. The molecule has 0 aliphatic heterocycles. The van der Waals surface area contributed by atoms with Crippen molar-refractivity contribution in [2.45, 2.75) is 34.1 Å². The lowest BCUT2D eigenvalue weighted by molar-refractivity contribution is -0.146. The Morgan fingerprint density at radius 2 is 1.85 bits per heavy atom. The Kier molecular flexibility index (Phi) is 6.29. The Hall–Kier alpha value is -0.790. The molecule has 0 unspecified atom stereocenters. The molecule has 0 bridgehead atoms. The number of carbonyl (C=O) groups excluding carboxylic acids is 1. The molecule has 0 amide bonds. The van der Waals surface area contributed by atoms with Crippen LogP contribution in [0.3, 0.4) is 0 Å².